The maximum Gasteiger partial charge on any atom is 0.165 e. The van der Waals surface area contributed by atoms with Crippen LogP contribution in [-0.2, 0) is 0 Å². The summed E-state index contributed by atoms with van der Waals surface area (Å²) in [5.41, 5.74) is 9.97. The number of rotatable bonds is 7. The molecule has 0 spiro atoms. The summed E-state index contributed by atoms with van der Waals surface area (Å²) in [6, 6.07) is 64.6. The normalized spacial score (nSPS) is 11.3. The fraction of sp³-hybridized carbons (Fsp3) is 0. The number of fused-ring (bicyclic) bond motifs is 3. The Morgan fingerprint density at radius 2 is 0.764 bits per heavy atom. The lowest BCUT2D eigenvalue weighted by Gasteiger charge is -2.10. The topological polar surface area (TPSA) is 64.5 Å². The highest BCUT2D eigenvalue weighted by Gasteiger charge is 2.17. The molecule has 6 heteroatoms. The molecule has 0 aliphatic carbocycles. The Hall–Kier alpha value is -7.15. The van der Waals surface area contributed by atoms with E-state index in [1.165, 1.54) is 15.5 Å². The van der Waals surface area contributed by atoms with Crippen molar-refractivity contribution in [3.8, 4) is 79.2 Å². The van der Waals surface area contributed by atoms with E-state index in [-0.39, 0.29) is 0 Å². The SMILES string of the molecule is c1ccc(-c2cc(-c3ccccc3)nc(-c3cccc(-c4ccc5c(c4)sc4c(-c6nc(-c7ccccc7)nc(-c7ccccc7)n6)cccc45)c3)n2)cc1. The van der Waals surface area contributed by atoms with Gasteiger partial charge < -0.3 is 0 Å². The standard InChI is InChI=1S/C49H31N5S/c1-5-15-32(16-6-1)42-31-43(33-17-7-2-8-18-33)51-48(50-42)38-24-13-23-36(29-38)37-27-28-39-40-25-14-26-41(45(40)55-44(39)30-37)49-53-46(34-19-9-3-10-20-34)52-47(54-49)35-21-11-4-12-22-35/h1-31H. The van der Waals surface area contributed by atoms with E-state index in [0.29, 0.717) is 23.3 Å². The fourth-order valence-corrected chi connectivity index (χ4v) is 8.26. The predicted molar refractivity (Wildman–Crippen MR) is 226 cm³/mol. The van der Waals surface area contributed by atoms with Crippen molar-refractivity contribution in [1.82, 2.24) is 24.9 Å². The highest BCUT2D eigenvalue weighted by molar-refractivity contribution is 7.26. The van der Waals surface area contributed by atoms with Crippen LogP contribution in [0.15, 0.2) is 188 Å². The number of thiophene rings is 1. The largest absolute Gasteiger partial charge is 0.228 e. The zero-order chi connectivity index (χ0) is 36.6. The van der Waals surface area contributed by atoms with Gasteiger partial charge in [-0.05, 0) is 35.4 Å². The van der Waals surface area contributed by atoms with Crippen LogP contribution in [0.25, 0.3) is 99.4 Å². The van der Waals surface area contributed by atoms with Crippen molar-refractivity contribution >= 4 is 31.5 Å². The number of hydrogen-bond acceptors (Lipinski definition) is 6. The summed E-state index contributed by atoms with van der Waals surface area (Å²) in [5.74, 6) is 2.65. The van der Waals surface area contributed by atoms with Crippen LogP contribution in [0.5, 0.6) is 0 Å². The smallest absolute Gasteiger partial charge is 0.165 e. The molecule has 10 rings (SSSR count). The van der Waals surface area contributed by atoms with Gasteiger partial charge in [-0.25, -0.2) is 24.9 Å². The van der Waals surface area contributed by atoms with Crippen molar-refractivity contribution < 1.29 is 0 Å². The second-order valence-electron chi connectivity index (χ2n) is 13.3. The molecule has 0 aliphatic rings. The predicted octanol–water partition coefficient (Wildman–Crippen LogP) is 12.7. The van der Waals surface area contributed by atoms with E-state index in [4.69, 9.17) is 24.9 Å². The third-order valence-electron chi connectivity index (χ3n) is 9.76. The Morgan fingerprint density at radius 1 is 0.291 bits per heavy atom. The first-order valence-corrected chi connectivity index (χ1v) is 19.0. The van der Waals surface area contributed by atoms with Gasteiger partial charge in [-0.15, -0.1) is 11.3 Å². The second-order valence-corrected chi connectivity index (χ2v) is 14.4. The third kappa shape index (κ3) is 6.35. The van der Waals surface area contributed by atoms with Gasteiger partial charge in [0.2, 0.25) is 0 Å². The quantitative estimate of drug-likeness (QED) is 0.164. The molecule has 0 atom stereocenters. The third-order valence-corrected chi connectivity index (χ3v) is 11.0. The summed E-state index contributed by atoms with van der Waals surface area (Å²) in [7, 11) is 0. The Bertz CT molecular complexity index is 2850. The Kier molecular flexibility index (Phi) is 8.28. The molecular formula is C49H31N5S. The van der Waals surface area contributed by atoms with Gasteiger partial charge >= 0.3 is 0 Å². The van der Waals surface area contributed by atoms with Gasteiger partial charge in [-0.1, -0.05) is 164 Å². The minimum Gasteiger partial charge on any atom is -0.228 e. The van der Waals surface area contributed by atoms with Crippen LogP contribution in [0.2, 0.25) is 0 Å². The highest BCUT2D eigenvalue weighted by Crippen LogP contribution is 2.41. The molecule has 0 fully saturated rings. The number of aromatic nitrogens is 5. The molecule has 3 aromatic heterocycles. The molecule has 0 saturated carbocycles. The Labute approximate surface area is 322 Å². The lowest BCUT2D eigenvalue weighted by Crippen LogP contribution is -2.00. The molecule has 3 heterocycles. The van der Waals surface area contributed by atoms with E-state index in [1.807, 2.05) is 97.1 Å². The molecule has 10 aromatic rings. The van der Waals surface area contributed by atoms with Crippen LogP contribution in [0.3, 0.4) is 0 Å². The van der Waals surface area contributed by atoms with E-state index in [9.17, 15) is 0 Å². The van der Waals surface area contributed by atoms with Crippen molar-refractivity contribution in [3.05, 3.63) is 188 Å². The van der Waals surface area contributed by atoms with Crippen LogP contribution in [0.4, 0.5) is 0 Å². The summed E-state index contributed by atoms with van der Waals surface area (Å²) in [6.07, 6.45) is 0. The summed E-state index contributed by atoms with van der Waals surface area (Å²) in [4.78, 5) is 25.2. The van der Waals surface area contributed by atoms with Crippen LogP contribution in [-0.4, -0.2) is 24.9 Å². The summed E-state index contributed by atoms with van der Waals surface area (Å²) >= 11 is 1.77. The van der Waals surface area contributed by atoms with Gasteiger partial charge in [0.1, 0.15) is 0 Å². The maximum absolute atomic E-state index is 5.08. The summed E-state index contributed by atoms with van der Waals surface area (Å²) < 4.78 is 2.34. The number of benzene rings is 7. The number of hydrogen-bond donors (Lipinski definition) is 0. The summed E-state index contributed by atoms with van der Waals surface area (Å²) in [5, 5.41) is 2.38. The molecule has 0 radical (unpaired) electrons. The second kappa shape index (κ2) is 14.0. The van der Waals surface area contributed by atoms with Gasteiger partial charge in [0.05, 0.1) is 11.4 Å². The first kappa shape index (κ1) is 32.5. The molecule has 7 aromatic carbocycles. The average molecular weight is 722 g/mol. The number of nitrogens with zero attached hydrogens (tertiary/aromatic N) is 5. The zero-order valence-corrected chi connectivity index (χ0v) is 30.4. The van der Waals surface area contributed by atoms with Crippen LogP contribution in [0.1, 0.15) is 0 Å². The minimum atomic E-state index is 0.652. The molecule has 55 heavy (non-hydrogen) atoms. The van der Waals surface area contributed by atoms with Crippen molar-refractivity contribution in [3.63, 3.8) is 0 Å². The van der Waals surface area contributed by atoms with E-state index >= 15 is 0 Å². The lowest BCUT2D eigenvalue weighted by atomic mass is 10.0. The molecular weight excluding hydrogens is 691 g/mol. The molecule has 5 nitrogen and oxygen atoms in total. The molecule has 0 saturated heterocycles. The van der Waals surface area contributed by atoms with E-state index in [0.717, 1.165) is 60.6 Å². The zero-order valence-electron chi connectivity index (χ0n) is 29.5. The Balaban J connectivity index is 1.07. The molecule has 0 bridgehead atoms. The van der Waals surface area contributed by atoms with E-state index < -0.39 is 0 Å². The fourth-order valence-electron chi connectivity index (χ4n) is 7.01. The lowest BCUT2D eigenvalue weighted by molar-refractivity contribution is 1.08. The van der Waals surface area contributed by atoms with Crippen LogP contribution < -0.4 is 0 Å². The molecule has 258 valence electrons. The molecule has 0 unspecified atom stereocenters. The summed E-state index contributed by atoms with van der Waals surface area (Å²) in [6.45, 7) is 0. The molecule has 0 amide bonds. The molecule has 0 N–H and O–H groups in total. The van der Waals surface area contributed by atoms with Crippen LogP contribution in [0, 0.1) is 0 Å². The van der Waals surface area contributed by atoms with E-state index in [2.05, 4.69) is 91.0 Å². The van der Waals surface area contributed by atoms with Gasteiger partial charge in [-0.2, -0.15) is 0 Å². The first-order chi connectivity index (χ1) is 27.2. The van der Waals surface area contributed by atoms with Crippen molar-refractivity contribution in [1.29, 1.82) is 0 Å². The van der Waals surface area contributed by atoms with Crippen molar-refractivity contribution in [2.45, 2.75) is 0 Å². The van der Waals surface area contributed by atoms with Gasteiger partial charge in [0, 0.05) is 53.6 Å². The monoisotopic (exact) mass is 721 g/mol. The Morgan fingerprint density at radius 3 is 1.36 bits per heavy atom. The first-order valence-electron chi connectivity index (χ1n) is 18.2. The van der Waals surface area contributed by atoms with Gasteiger partial charge in [0.15, 0.2) is 23.3 Å². The average Bonchev–Trinajstić information content (AvgIpc) is 3.66. The van der Waals surface area contributed by atoms with Crippen molar-refractivity contribution in [2.75, 3.05) is 0 Å². The van der Waals surface area contributed by atoms with Crippen molar-refractivity contribution in [2.24, 2.45) is 0 Å². The van der Waals surface area contributed by atoms with Gasteiger partial charge in [-0.3, -0.25) is 0 Å². The van der Waals surface area contributed by atoms with E-state index in [1.54, 1.807) is 11.3 Å². The highest BCUT2D eigenvalue weighted by atomic mass is 32.1. The van der Waals surface area contributed by atoms with Crippen LogP contribution >= 0.6 is 11.3 Å². The maximum atomic E-state index is 5.08. The van der Waals surface area contributed by atoms with Gasteiger partial charge in [0.25, 0.3) is 0 Å². The molecule has 0 aliphatic heterocycles. The minimum absolute atomic E-state index is 0.652.